The fourth-order valence-corrected chi connectivity index (χ4v) is 14.1. The molecular formula is C60H48F10N2O4. The van der Waals surface area contributed by atoms with Gasteiger partial charge in [0.15, 0.2) is 46.5 Å². The number of halogens is 10. The molecule has 0 radical (unpaired) electrons. The molecule has 5 aliphatic carbocycles. The summed E-state index contributed by atoms with van der Waals surface area (Å²) < 4.78 is 158. The number of hydrogen-bond donors (Lipinski definition) is 0. The molecule has 2 bridgehead atoms. The van der Waals surface area contributed by atoms with Gasteiger partial charge in [-0.25, -0.2) is 53.7 Å². The van der Waals surface area contributed by atoms with Crippen molar-refractivity contribution in [3.8, 4) is 0 Å². The molecule has 16 heteroatoms. The first-order chi connectivity index (χ1) is 35.1. The summed E-state index contributed by atoms with van der Waals surface area (Å²) in [5.41, 5.74) is -7.65. The van der Waals surface area contributed by atoms with Crippen LogP contribution in [-0.2, 0) is 51.7 Å². The van der Waals surface area contributed by atoms with Gasteiger partial charge in [-0.1, -0.05) is 132 Å². The predicted octanol–water partition coefficient (Wildman–Crippen LogP) is 13.6. The Morgan fingerprint density at radius 3 is 0.803 bits per heavy atom. The average molecular weight is 1050 g/mol. The molecule has 0 aromatic heterocycles. The normalized spacial score (nSPS) is 24.6. The van der Waals surface area contributed by atoms with Gasteiger partial charge in [-0.05, 0) is 98.9 Å². The Morgan fingerprint density at radius 1 is 0.342 bits per heavy atom. The van der Waals surface area contributed by atoms with Crippen molar-refractivity contribution < 1.29 is 63.1 Å². The highest BCUT2D eigenvalue weighted by Crippen LogP contribution is 2.82. The number of allylic oxidation sites excluding steroid dienone is 2. The zero-order valence-corrected chi connectivity index (χ0v) is 43.2. The molecule has 4 unspecified atom stereocenters. The topological polar surface area (TPSA) is 74.8 Å². The molecule has 4 amide bonds. The van der Waals surface area contributed by atoms with Crippen LogP contribution < -0.4 is 9.80 Å². The number of imide groups is 2. The van der Waals surface area contributed by atoms with Crippen LogP contribution in [0.4, 0.5) is 55.3 Å². The van der Waals surface area contributed by atoms with E-state index in [-0.39, 0.29) is 32.1 Å². The molecule has 2 saturated heterocycles. The van der Waals surface area contributed by atoms with E-state index in [1.807, 2.05) is 119 Å². The minimum absolute atomic E-state index is 0.0871. The van der Waals surface area contributed by atoms with E-state index >= 15 is 54.3 Å². The molecule has 7 aliphatic rings. The van der Waals surface area contributed by atoms with Crippen LogP contribution in [0, 0.1) is 81.8 Å². The number of hydrogen-bond acceptors (Lipinski definition) is 4. The minimum atomic E-state index is -2.58. The van der Waals surface area contributed by atoms with Crippen LogP contribution in [0.3, 0.4) is 0 Å². The molecule has 392 valence electrons. The van der Waals surface area contributed by atoms with Crippen molar-refractivity contribution in [3.05, 3.63) is 151 Å². The summed E-state index contributed by atoms with van der Waals surface area (Å²) in [5.74, 6) is -39.7. The van der Waals surface area contributed by atoms with E-state index in [0.717, 1.165) is 0 Å². The smallest absolute Gasteiger partial charge is 0.239 e. The van der Waals surface area contributed by atoms with Crippen molar-refractivity contribution in [1.82, 2.24) is 0 Å². The predicted molar refractivity (Wildman–Crippen MR) is 264 cm³/mol. The number of rotatable bonds is 2. The Hall–Kier alpha value is -6.84. The zero-order chi connectivity index (χ0) is 55.4. The fourth-order valence-electron chi connectivity index (χ4n) is 14.1. The summed E-state index contributed by atoms with van der Waals surface area (Å²) in [7, 11) is 0. The summed E-state index contributed by atoms with van der Waals surface area (Å²) in [6, 6.07) is 14.6. The quantitative estimate of drug-likeness (QED) is 0.0749. The maximum atomic E-state index is 16.5. The molecule has 4 atom stereocenters. The second-order valence-electron chi connectivity index (χ2n) is 25.6. The van der Waals surface area contributed by atoms with Gasteiger partial charge in [0.25, 0.3) is 0 Å². The minimum Gasteiger partial charge on any atom is -0.274 e. The first-order valence-corrected chi connectivity index (χ1v) is 24.9. The Labute approximate surface area is 429 Å². The molecule has 76 heavy (non-hydrogen) atoms. The van der Waals surface area contributed by atoms with Crippen LogP contribution in [0.25, 0.3) is 32.7 Å². The van der Waals surface area contributed by atoms with Crippen molar-refractivity contribution in [2.24, 2.45) is 23.7 Å². The van der Waals surface area contributed by atoms with E-state index in [4.69, 9.17) is 0 Å². The van der Waals surface area contributed by atoms with Crippen LogP contribution >= 0.6 is 0 Å². The standard InChI is InChI=1S/C60H48F10N2O4/c1-55(2,3)23-13-21-15-25(57(7,8)9)19-29-31(21)27(17-23)33-34-28-18-24(56(4,5)6)14-22-16-26(58(10,11)12)20-30(32(22)28)60(34)37-35(51(73)71(53(37)75)49-45(67)41(63)39(61)42(64)46(49)68)59(29,33)36-38(60)54(76)72(52(36)74)50-47(69)43(65)40(62)44(66)48(50)70/h13-20,35-38H,1-12H3. The van der Waals surface area contributed by atoms with E-state index in [2.05, 4.69) is 0 Å². The van der Waals surface area contributed by atoms with Crippen LogP contribution in [0.5, 0.6) is 0 Å². The number of nitrogens with zero attached hydrogens (tertiary/aromatic N) is 2. The first kappa shape index (κ1) is 50.0. The number of benzene rings is 6. The second-order valence-corrected chi connectivity index (χ2v) is 25.6. The maximum Gasteiger partial charge on any atom is 0.239 e. The van der Waals surface area contributed by atoms with Gasteiger partial charge in [-0.15, -0.1) is 0 Å². The van der Waals surface area contributed by atoms with E-state index in [1.165, 1.54) is 0 Å². The van der Waals surface area contributed by atoms with Gasteiger partial charge < -0.3 is 0 Å². The largest absolute Gasteiger partial charge is 0.274 e. The molecule has 3 fully saturated rings. The first-order valence-electron chi connectivity index (χ1n) is 24.9. The highest BCUT2D eigenvalue weighted by Gasteiger charge is 2.86. The number of anilines is 2. The number of carbonyl (C=O) groups excluding carboxylic acids is 4. The van der Waals surface area contributed by atoms with Gasteiger partial charge in [-0.3, -0.25) is 19.2 Å². The Morgan fingerprint density at radius 2 is 0.566 bits per heavy atom. The number of carbonyl (C=O) groups is 4. The lowest BCUT2D eigenvalue weighted by Gasteiger charge is -2.62. The average Bonchev–Trinajstić information content (AvgIpc) is 4.01. The van der Waals surface area contributed by atoms with Gasteiger partial charge in [0.05, 0.1) is 23.7 Å². The number of amides is 4. The molecule has 6 nitrogen and oxygen atoms in total. The van der Waals surface area contributed by atoms with Crippen LogP contribution in [0.2, 0.25) is 0 Å². The molecular weight excluding hydrogens is 1000 g/mol. The molecule has 6 aromatic rings. The van der Waals surface area contributed by atoms with Crippen molar-refractivity contribution in [2.75, 3.05) is 9.80 Å². The van der Waals surface area contributed by atoms with Crippen LogP contribution in [0.15, 0.2) is 48.5 Å². The molecule has 13 rings (SSSR count). The van der Waals surface area contributed by atoms with Crippen molar-refractivity contribution in [3.63, 3.8) is 0 Å². The third kappa shape index (κ3) is 5.60. The monoisotopic (exact) mass is 1050 g/mol. The summed E-state index contributed by atoms with van der Waals surface area (Å²) >= 11 is 0. The maximum absolute atomic E-state index is 16.5. The summed E-state index contributed by atoms with van der Waals surface area (Å²) in [6.45, 7) is 22.8. The van der Waals surface area contributed by atoms with E-state index in [1.54, 1.807) is 12.1 Å². The lowest BCUT2D eigenvalue weighted by Crippen LogP contribution is -2.68. The second kappa shape index (κ2) is 14.6. The van der Waals surface area contributed by atoms with Gasteiger partial charge in [0, 0.05) is 10.8 Å². The van der Waals surface area contributed by atoms with Crippen LogP contribution in [0.1, 0.15) is 128 Å². The van der Waals surface area contributed by atoms with E-state index in [9.17, 15) is 8.78 Å². The fraction of sp³-hybridized carbons (Fsp3) is 0.367. The summed E-state index contributed by atoms with van der Waals surface area (Å²) in [5, 5.41) is 1.85. The van der Waals surface area contributed by atoms with Crippen molar-refractivity contribution in [1.29, 1.82) is 0 Å². The van der Waals surface area contributed by atoms with E-state index < -0.39 is 149 Å². The molecule has 2 aliphatic heterocycles. The summed E-state index contributed by atoms with van der Waals surface area (Å²) in [6.07, 6.45) is 0. The highest BCUT2D eigenvalue weighted by molar-refractivity contribution is 6.36. The van der Waals surface area contributed by atoms with Gasteiger partial charge in [0.1, 0.15) is 11.4 Å². The molecule has 0 N–H and O–H groups in total. The third-order valence-electron chi connectivity index (χ3n) is 17.5. The lowest BCUT2D eigenvalue weighted by atomic mass is 9.35. The SMILES string of the molecule is CC(C)(C)c1cc2c3c(cc(C(C)(C)C)cc3c1)C13C2=C2c4cc(C(C)(C)C)cc5cc(C(C)(C)C)cc(c45)C2(C2C(=O)N(c4c(F)c(F)c(F)c(F)c4F)C(=O)C21)C1C(=O)N(c2c(F)c(F)c(F)c(F)c2F)C(=O)C13. The van der Waals surface area contributed by atoms with Gasteiger partial charge >= 0.3 is 0 Å². The van der Waals surface area contributed by atoms with E-state index in [0.29, 0.717) is 54.9 Å². The third-order valence-corrected chi connectivity index (χ3v) is 17.5. The Bertz CT molecular complexity index is 3540. The Kier molecular flexibility index (Phi) is 9.60. The van der Waals surface area contributed by atoms with Crippen molar-refractivity contribution in [2.45, 2.75) is 116 Å². The summed E-state index contributed by atoms with van der Waals surface area (Å²) in [4.78, 5) is 65.0. The molecule has 1 saturated carbocycles. The molecule has 2 spiro atoms. The molecule has 2 heterocycles. The van der Waals surface area contributed by atoms with Gasteiger partial charge in [0.2, 0.25) is 35.3 Å². The van der Waals surface area contributed by atoms with Crippen LogP contribution in [-0.4, -0.2) is 23.6 Å². The molecule has 6 aromatic carbocycles. The highest BCUT2D eigenvalue weighted by atomic mass is 19.2. The van der Waals surface area contributed by atoms with Gasteiger partial charge in [-0.2, -0.15) is 0 Å². The Balaban J connectivity index is 1.36. The zero-order valence-electron chi connectivity index (χ0n) is 43.2. The van der Waals surface area contributed by atoms with Crippen molar-refractivity contribution >= 4 is 67.7 Å². The lowest BCUT2D eigenvalue weighted by molar-refractivity contribution is -0.140.